The second-order valence-corrected chi connectivity index (χ2v) is 6.29. The Kier molecular flexibility index (Phi) is 5.13. The average Bonchev–Trinajstić information content (AvgIpc) is 2.59. The maximum Gasteiger partial charge on any atom is 0.417 e. The lowest BCUT2D eigenvalue weighted by Crippen LogP contribution is -2.20. The second kappa shape index (κ2) is 7.38. The van der Waals surface area contributed by atoms with E-state index in [9.17, 15) is 22.8 Å². The number of benzene rings is 2. The minimum atomic E-state index is -4.70. The van der Waals surface area contributed by atoms with Gasteiger partial charge in [-0.1, -0.05) is 17.7 Å². The number of ether oxygens (including phenoxy) is 1. The van der Waals surface area contributed by atoms with Gasteiger partial charge < -0.3 is 14.5 Å². The van der Waals surface area contributed by atoms with Crippen molar-refractivity contribution >= 4 is 22.6 Å². The highest BCUT2D eigenvalue weighted by molar-refractivity contribution is 5.94. The number of carbonyl (C=O) groups is 1. The first-order valence-corrected chi connectivity index (χ1v) is 8.28. The molecule has 0 spiro atoms. The van der Waals surface area contributed by atoms with Gasteiger partial charge in [0, 0.05) is 23.2 Å². The zero-order valence-corrected chi connectivity index (χ0v) is 15.0. The van der Waals surface area contributed by atoms with Gasteiger partial charge in [0.15, 0.2) is 6.61 Å². The smallest absolute Gasteiger partial charge is 0.417 e. The first kappa shape index (κ1) is 19.5. The molecule has 8 heteroatoms. The molecule has 0 atom stereocenters. The van der Waals surface area contributed by atoms with E-state index in [1.54, 1.807) is 6.07 Å². The summed E-state index contributed by atoms with van der Waals surface area (Å²) in [7, 11) is 0. The van der Waals surface area contributed by atoms with E-state index in [0.29, 0.717) is 11.8 Å². The molecule has 3 rings (SSSR count). The quantitative estimate of drug-likeness (QED) is 0.668. The molecule has 2 aromatic carbocycles. The molecule has 0 aliphatic rings. The van der Waals surface area contributed by atoms with Crippen LogP contribution in [0.25, 0.3) is 11.0 Å². The summed E-state index contributed by atoms with van der Waals surface area (Å²) in [6, 6.07) is 9.52. The van der Waals surface area contributed by atoms with Crippen LogP contribution in [0.2, 0.25) is 0 Å². The Balaban J connectivity index is 1.77. The average molecular weight is 391 g/mol. The summed E-state index contributed by atoms with van der Waals surface area (Å²) >= 11 is 0. The SMILES string of the molecule is Cc1ccc(OCC(=O)Nc2ccc3c(C(F)(F)F)cc(=O)oc3c2)c(C)c1. The molecule has 0 bridgehead atoms. The Morgan fingerprint density at radius 3 is 2.54 bits per heavy atom. The number of hydrogen-bond donors (Lipinski definition) is 1. The van der Waals surface area contributed by atoms with Crippen molar-refractivity contribution in [2.45, 2.75) is 20.0 Å². The van der Waals surface area contributed by atoms with Gasteiger partial charge in [0.25, 0.3) is 5.91 Å². The summed E-state index contributed by atoms with van der Waals surface area (Å²) in [4.78, 5) is 23.5. The Hall–Kier alpha value is -3.29. The van der Waals surface area contributed by atoms with Gasteiger partial charge in [-0.3, -0.25) is 4.79 Å². The molecule has 0 radical (unpaired) electrons. The lowest BCUT2D eigenvalue weighted by Gasteiger charge is -2.12. The number of aryl methyl sites for hydroxylation is 2. The molecule has 28 heavy (non-hydrogen) atoms. The number of hydrogen-bond acceptors (Lipinski definition) is 4. The number of rotatable bonds is 4. The number of alkyl halides is 3. The van der Waals surface area contributed by atoms with Crippen molar-refractivity contribution in [1.29, 1.82) is 0 Å². The molecule has 5 nitrogen and oxygen atoms in total. The van der Waals surface area contributed by atoms with Gasteiger partial charge in [-0.25, -0.2) is 4.79 Å². The molecular formula is C20H16F3NO4. The van der Waals surface area contributed by atoms with Crippen LogP contribution in [0, 0.1) is 13.8 Å². The van der Waals surface area contributed by atoms with Crippen molar-refractivity contribution in [3.63, 3.8) is 0 Å². The number of nitrogens with one attached hydrogen (secondary N) is 1. The summed E-state index contributed by atoms with van der Waals surface area (Å²) in [5, 5.41) is 2.24. The van der Waals surface area contributed by atoms with Crippen LogP contribution in [0.4, 0.5) is 18.9 Å². The molecule has 1 aromatic heterocycles. The van der Waals surface area contributed by atoms with Crippen LogP contribution >= 0.6 is 0 Å². The van der Waals surface area contributed by atoms with Crippen molar-refractivity contribution < 1.29 is 27.1 Å². The van der Waals surface area contributed by atoms with E-state index in [0.717, 1.165) is 17.2 Å². The van der Waals surface area contributed by atoms with Crippen molar-refractivity contribution in [3.8, 4) is 5.75 Å². The fraction of sp³-hybridized carbons (Fsp3) is 0.200. The van der Waals surface area contributed by atoms with Gasteiger partial charge in [-0.2, -0.15) is 13.2 Å². The molecule has 0 aliphatic carbocycles. The third kappa shape index (κ3) is 4.33. The molecule has 0 aliphatic heterocycles. The van der Waals surface area contributed by atoms with Crippen LogP contribution in [-0.4, -0.2) is 12.5 Å². The largest absolute Gasteiger partial charge is 0.483 e. The highest BCUT2D eigenvalue weighted by atomic mass is 19.4. The Morgan fingerprint density at radius 2 is 1.86 bits per heavy atom. The maximum absolute atomic E-state index is 13.1. The van der Waals surface area contributed by atoms with Gasteiger partial charge in [-0.05, 0) is 37.6 Å². The molecule has 0 unspecified atom stereocenters. The predicted octanol–water partition coefficient (Wildman–Crippen LogP) is 4.45. The molecular weight excluding hydrogens is 375 g/mol. The van der Waals surface area contributed by atoms with Gasteiger partial charge >= 0.3 is 11.8 Å². The molecule has 0 saturated carbocycles. The zero-order chi connectivity index (χ0) is 20.5. The van der Waals surface area contributed by atoms with Gasteiger partial charge in [0.1, 0.15) is 11.3 Å². The van der Waals surface area contributed by atoms with Crippen LogP contribution in [0.1, 0.15) is 16.7 Å². The van der Waals surface area contributed by atoms with Crippen molar-refractivity contribution in [2.75, 3.05) is 11.9 Å². The first-order chi connectivity index (χ1) is 13.1. The van der Waals surface area contributed by atoms with E-state index in [4.69, 9.17) is 9.15 Å². The first-order valence-electron chi connectivity index (χ1n) is 8.28. The van der Waals surface area contributed by atoms with Crippen molar-refractivity contribution in [3.05, 3.63) is 69.6 Å². The normalized spacial score (nSPS) is 11.5. The summed E-state index contributed by atoms with van der Waals surface area (Å²) in [5.74, 6) is 0.0497. The summed E-state index contributed by atoms with van der Waals surface area (Å²) in [5.41, 5.74) is -0.362. The van der Waals surface area contributed by atoms with Gasteiger partial charge in [0.05, 0.1) is 5.56 Å². The minimum Gasteiger partial charge on any atom is -0.483 e. The highest BCUT2D eigenvalue weighted by Crippen LogP contribution is 2.34. The fourth-order valence-corrected chi connectivity index (χ4v) is 2.78. The lowest BCUT2D eigenvalue weighted by molar-refractivity contribution is -0.136. The third-order valence-corrected chi connectivity index (χ3v) is 4.02. The molecule has 1 heterocycles. The second-order valence-electron chi connectivity index (χ2n) is 6.29. The maximum atomic E-state index is 13.1. The fourth-order valence-electron chi connectivity index (χ4n) is 2.78. The van der Waals surface area contributed by atoms with E-state index in [1.807, 2.05) is 26.0 Å². The Bertz CT molecular complexity index is 1100. The van der Waals surface area contributed by atoms with Crippen molar-refractivity contribution in [1.82, 2.24) is 0 Å². The number of amides is 1. The number of halogens is 3. The van der Waals surface area contributed by atoms with Crippen LogP contribution in [0.15, 0.2) is 51.7 Å². The summed E-state index contributed by atoms with van der Waals surface area (Å²) < 4.78 is 49.5. The van der Waals surface area contributed by atoms with Crippen LogP contribution in [0.3, 0.4) is 0 Å². The van der Waals surface area contributed by atoms with Crippen LogP contribution in [0.5, 0.6) is 5.75 Å². The van der Waals surface area contributed by atoms with Gasteiger partial charge in [-0.15, -0.1) is 0 Å². The summed E-state index contributed by atoms with van der Waals surface area (Å²) in [6.45, 7) is 3.50. The zero-order valence-electron chi connectivity index (χ0n) is 15.0. The molecule has 0 fully saturated rings. The summed E-state index contributed by atoms with van der Waals surface area (Å²) in [6.07, 6.45) is -4.70. The third-order valence-electron chi connectivity index (χ3n) is 4.02. The monoisotopic (exact) mass is 391 g/mol. The number of carbonyl (C=O) groups excluding carboxylic acids is 1. The van der Waals surface area contributed by atoms with E-state index in [-0.39, 0.29) is 23.3 Å². The molecule has 1 amide bonds. The van der Waals surface area contributed by atoms with E-state index in [2.05, 4.69) is 5.32 Å². The van der Waals surface area contributed by atoms with E-state index in [1.165, 1.54) is 12.1 Å². The number of fused-ring (bicyclic) bond motifs is 1. The number of anilines is 1. The molecule has 3 aromatic rings. The van der Waals surface area contributed by atoms with E-state index < -0.39 is 23.3 Å². The van der Waals surface area contributed by atoms with Gasteiger partial charge in [0.2, 0.25) is 0 Å². The molecule has 146 valence electrons. The Morgan fingerprint density at radius 1 is 1.11 bits per heavy atom. The molecule has 1 N–H and O–H groups in total. The van der Waals surface area contributed by atoms with E-state index >= 15 is 0 Å². The Labute approximate surface area is 157 Å². The van der Waals surface area contributed by atoms with Crippen molar-refractivity contribution in [2.24, 2.45) is 0 Å². The standard InChI is InChI=1S/C20H16F3NO4/c1-11-3-6-16(12(2)7-11)27-10-18(25)24-13-4-5-14-15(20(21,22)23)9-19(26)28-17(14)8-13/h3-9H,10H2,1-2H3,(H,24,25). The molecule has 0 saturated heterocycles. The predicted molar refractivity (Wildman–Crippen MR) is 97.5 cm³/mol. The highest BCUT2D eigenvalue weighted by Gasteiger charge is 2.33. The topological polar surface area (TPSA) is 68.5 Å². The minimum absolute atomic E-state index is 0.184. The van der Waals surface area contributed by atoms with Crippen LogP contribution < -0.4 is 15.7 Å². The lowest BCUT2D eigenvalue weighted by atomic mass is 10.1. The van der Waals surface area contributed by atoms with Crippen LogP contribution in [-0.2, 0) is 11.0 Å².